The third-order valence-electron chi connectivity index (χ3n) is 4.42. The van der Waals surface area contributed by atoms with E-state index < -0.39 is 0 Å². The number of hydrogen-bond acceptors (Lipinski definition) is 4. The summed E-state index contributed by atoms with van der Waals surface area (Å²) in [6.45, 7) is 9.55. The van der Waals surface area contributed by atoms with Crippen molar-refractivity contribution >= 4 is 5.91 Å². The van der Waals surface area contributed by atoms with Crippen LogP contribution >= 0.6 is 0 Å². The van der Waals surface area contributed by atoms with Crippen LogP contribution in [0, 0.1) is 0 Å². The largest absolute Gasteiger partial charge is 0.379 e. The third-order valence-corrected chi connectivity index (χ3v) is 4.42. The first-order valence-electron chi connectivity index (χ1n) is 8.47. The molecule has 5 heteroatoms. The van der Waals surface area contributed by atoms with Crippen LogP contribution in [0.25, 0.3) is 0 Å². The highest BCUT2D eigenvalue weighted by Crippen LogP contribution is 2.21. The van der Waals surface area contributed by atoms with Gasteiger partial charge in [-0.2, -0.15) is 0 Å². The van der Waals surface area contributed by atoms with Gasteiger partial charge in [0, 0.05) is 37.6 Å². The van der Waals surface area contributed by atoms with Crippen molar-refractivity contribution in [2.75, 3.05) is 32.8 Å². The first-order chi connectivity index (χ1) is 11.7. The number of ether oxygens (including phenoxy) is 1. The lowest BCUT2D eigenvalue weighted by molar-refractivity contribution is -0.117. The maximum Gasteiger partial charge on any atom is 0.251 e. The number of allylic oxidation sites excluding steroid dienone is 2. The maximum absolute atomic E-state index is 12.5. The van der Waals surface area contributed by atoms with Crippen LogP contribution in [0.1, 0.15) is 32.4 Å². The fraction of sp³-hybridized carbons (Fsp3) is 0.474. The number of amides is 1. The topological polar surface area (TPSA) is 54.5 Å². The van der Waals surface area contributed by atoms with E-state index >= 15 is 0 Å². The van der Waals surface area contributed by atoms with Crippen LogP contribution in [0.2, 0.25) is 0 Å². The first kappa shape index (κ1) is 18.4. The van der Waals surface area contributed by atoms with Crippen LogP contribution in [0.5, 0.6) is 0 Å². The fourth-order valence-electron chi connectivity index (χ4n) is 2.91. The van der Waals surface area contributed by atoms with Crippen molar-refractivity contribution in [1.82, 2.24) is 15.2 Å². The van der Waals surface area contributed by atoms with E-state index in [0.29, 0.717) is 6.54 Å². The summed E-state index contributed by atoms with van der Waals surface area (Å²) in [5, 5.41) is 3.09. The van der Waals surface area contributed by atoms with E-state index in [1.807, 2.05) is 45.1 Å². The van der Waals surface area contributed by atoms with Gasteiger partial charge in [0.15, 0.2) is 0 Å². The summed E-state index contributed by atoms with van der Waals surface area (Å²) >= 11 is 0. The van der Waals surface area contributed by atoms with Gasteiger partial charge in [0.05, 0.1) is 19.3 Å². The molecule has 1 aromatic rings. The maximum atomic E-state index is 12.5. The Kier molecular flexibility index (Phi) is 7.15. The molecule has 1 atom stereocenters. The highest BCUT2D eigenvalue weighted by atomic mass is 16.5. The Balaban J connectivity index is 2.10. The molecule has 0 aliphatic carbocycles. The van der Waals surface area contributed by atoms with Crippen molar-refractivity contribution in [2.24, 2.45) is 0 Å². The lowest BCUT2D eigenvalue weighted by Gasteiger charge is -2.35. The predicted octanol–water partition coefficient (Wildman–Crippen LogP) is 2.48. The molecule has 1 unspecified atom stereocenters. The quantitative estimate of drug-likeness (QED) is 0.643. The second kappa shape index (κ2) is 9.35. The summed E-state index contributed by atoms with van der Waals surface area (Å²) in [6.07, 6.45) is 7.41. The second-order valence-corrected chi connectivity index (χ2v) is 5.83. The monoisotopic (exact) mass is 329 g/mol. The molecule has 0 radical (unpaired) electrons. The molecular formula is C19H27N3O2. The number of nitrogens with zero attached hydrogens (tertiary/aromatic N) is 2. The second-order valence-electron chi connectivity index (χ2n) is 5.83. The lowest BCUT2D eigenvalue weighted by Crippen LogP contribution is -2.44. The van der Waals surface area contributed by atoms with Crippen molar-refractivity contribution in [3.8, 4) is 0 Å². The minimum atomic E-state index is -0.0274. The average molecular weight is 329 g/mol. The summed E-state index contributed by atoms with van der Waals surface area (Å²) in [5.41, 5.74) is 2.88. The van der Waals surface area contributed by atoms with Crippen LogP contribution in [-0.2, 0) is 9.53 Å². The van der Waals surface area contributed by atoms with E-state index in [2.05, 4.69) is 15.2 Å². The summed E-state index contributed by atoms with van der Waals surface area (Å²) in [4.78, 5) is 19.0. The van der Waals surface area contributed by atoms with E-state index in [1.165, 1.54) is 0 Å². The lowest BCUT2D eigenvalue weighted by atomic mass is 10.0. The van der Waals surface area contributed by atoms with Crippen molar-refractivity contribution in [1.29, 1.82) is 0 Å². The van der Waals surface area contributed by atoms with E-state index in [-0.39, 0.29) is 11.9 Å². The Labute approximate surface area is 144 Å². The molecule has 1 amide bonds. The zero-order valence-corrected chi connectivity index (χ0v) is 14.8. The summed E-state index contributed by atoms with van der Waals surface area (Å²) in [7, 11) is 0. The Morgan fingerprint density at radius 3 is 2.54 bits per heavy atom. The van der Waals surface area contributed by atoms with Crippen LogP contribution in [-0.4, -0.2) is 48.6 Å². The molecular weight excluding hydrogens is 302 g/mol. The Hall–Kier alpha value is -1.98. The Morgan fingerprint density at radius 1 is 1.29 bits per heavy atom. The minimum absolute atomic E-state index is 0.0274. The van der Waals surface area contributed by atoms with Gasteiger partial charge in [0.25, 0.3) is 5.91 Å². The van der Waals surface area contributed by atoms with Gasteiger partial charge in [0.1, 0.15) is 0 Å². The van der Waals surface area contributed by atoms with Crippen molar-refractivity contribution < 1.29 is 9.53 Å². The normalized spacial score (nSPS) is 18.3. The Morgan fingerprint density at radius 2 is 1.96 bits per heavy atom. The SMILES string of the molecule is C/C=C(C)\C(=C/C)C(=O)NCC(c1ccncc1)N1CCOCC1. The van der Waals surface area contributed by atoms with Gasteiger partial charge in [0.2, 0.25) is 0 Å². The van der Waals surface area contributed by atoms with Gasteiger partial charge in [-0.3, -0.25) is 14.7 Å². The number of carbonyl (C=O) groups excluding carboxylic acids is 1. The van der Waals surface area contributed by atoms with Gasteiger partial charge < -0.3 is 10.1 Å². The summed E-state index contributed by atoms with van der Waals surface area (Å²) in [5.74, 6) is -0.0274. The van der Waals surface area contributed by atoms with Crippen LogP contribution in [0.4, 0.5) is 0 Å². The van der Waals surface area contributed by atoms with Crippen LogP contribution in [0.15, 0.2) is 47.8 Å². The van der Waals surface area contributed by atoms with E-state index in [9.17, 15) is 4.79 Å². The number of rotatable bonds is 6. The minimum Gasteiger partial charge on any atom is -0.379 e. The first-order valence-corrected chi connectivity index (χ1v) is 8.47. The number of carbonyl (C=O) groups is 1. The van der Waals surface area contributed by atoms with Gasteiger partial charge in [-0.05, 0) is 44.0 Å². The Bertz CT molecular complexity index is 590. The molecule has 0 spiro atoms. The fourth-order valence-corrected chi connectivity index (χ4v) is 2.91. The van der Waals surface area contributed by atoms with Crippen LogP contribution < -0.4 is 5.32 Å². The number of aromatic nitrogens is 1. The molecule has 5 nitrogen and oxygen atoms in total. The predicted molar refractivity (Wildman–Crippen MR) is 95.6 cm³/mol. The molecule has 24 heavy (non-hydrogen) atoms. The molecule has 130 valence electrons. The number of pyridine rings is 1. The third kappa shape index (κ3) is 4.76. The molecule has 0 saturated carbocycles. The van der Waals surface area contributed by atoms with E-state index in [0.717, 1.165) is 43.0 Å². The molecule has 2 rings (SSSR count). The average Bonchev–Trinajstić information content (AvgIpc) is 2.64. The standard InChI is InChI=1S/C19H27N3O2/c1-4-15(3)17(5-2)19(23)21-14-18(16-6-8-20-9-7-16)22-10-12-24-13-11-22/h4-9,18H,10-14H2,1-3H3,(H,21,23)/b15-4-,17-5+. The molecule has 0 bridgehead atoms. The molecule has 2 heterocycles. The van der Waals surface area contributed by atoms with Gasteiger partial charge in [-0.1, -0.05) is 12.2 Å². The molecule has 1 aliphatic heterocycles. The van der Waals surface area contributed by atoms with E-state index in [1.54, 1.807) is 12.4 Å². The summed E-state index contributed by atoms with van der Waals surface area (Å²) < 4.78 is 5.46. The molecule has 1 aliphatic rings. The number of morpholine rings is 1. The number of hydrogen-bond donors (Lipinski definition) is 1. The van der Waals surface area contributed by atoms with Crippen molar-refractivity contribution in [3.63, 3.8) is 0 Å². The molecule has 1 aromatic heterocycles. The molecule has 0 aromatic carbocycles. The zero-order chi connectivity index (χ0) is 17.4. The zero-order valence-electron chi connectivity index (χ0n) is 14.8. The van der Waals surface area contributed by atoms with Gasteiger partial charge in [-0.15, -0.1) is 0 Å². The highest BCUT2D eigenvalue weighted by Gasteiger charge is 2.23. The van der Waals surface area contributed by atoms with Gasteiger partial charge >= 0.3 is 0 Å². The molecule has 1 N–H and O–H groups in total. The van der Waals surface area contributed by atoms with E-state index in [4.69, 9.17) is 4.74 Å². The van der Waals surface area contributed by atoms with Gasteiger partial charge in [-0.25, -0.2) is 0 Å². The summed E-state index contributed by atoms with van der Waals surface area (Å²) in [6, 6.07) is 4.16. The molecule has 1 saturated heterocycles. The highest BCUT2D eigenvalue weighted by molar-refractivity contribution is 5.97. The van der Waals surface area contributed by atoms with Crippen LogP contribution in [0.3, 0.4) is 0 Å². The van der Waals surface area contributed by atoms with Crippen molar-refractivity contribution in [3.05, 3.63) is 53.4 Å². The number of nitrogens with one attached hydrogen (secondary N) is 1. The molecule has 1 fully saturated rings. The van der Waals surface area contributed by atoms with Crippen molar-refractivity contribution in [2.45, 2.75) is 26.8 Å². The smallest absolute Gasteiger partial charge is 0.251 e.